The molecule has 1 fully saturated rings. The number of hydrogen-bond acceptors (Lipinski definition) is 4. The number of esters is 1. The van der Waals surface area contributed by atoms with Gasteiger partial charge in [0.05, 0.1) is 12.5 Å². The quantitative estimate of drug-likeness (QED) is 0.526. The van der Waals surface area contributed by atoms with Crippen molar-refractivity contribution >= 4 is 11.9 Å². The standard InChI is InChI=1S/C11H16O5/c1-11(2)7(9(11)10(14)15)3-4-8(13)16-6-5-12/h3-4,7,9,12H,5-6H2,1-2H3,(H,14,15)/b4-3-. The van der Waals surface area contributed by atoms with Crippen LogP contribution in [0.3, 0.4) is 0 Å². The van der Waals surface area contributed by atoms with Crippen molar-refractivity contribution in [1.29, 1.82) is 0 Å². The Morgan fingerprint density at radius 3 is 2.50 bits per heavy atom. The number of carboxylic acid groups (broad SMARTS) is 1. The third-order valence-corrected chi connectivity index (χ3v) is 2.95. The van der Waals surface area contributed by atoms with Crippen molar-refractivity contribution in [3.05, 3.63) is 12.2 Å². The molecule has 5 heteroatoms. The molecule has 2 atom stereocenters. The van der Waals surface area contributed by atoms with Gasteiger partial charge in [-0.15, -0.1) is 0 Å². The van der Waals surface area contributed by atoms with E-state index in [9.17, 15) is 9.59 Å². The van der Waals surface area contributed by atoms with Crippen molar-refractivity contribution in [3.8, 4) is 0 Å². The predicted octanol–water partition coefficient (Wildman–Crippen LogP) is 0.435. The third kappa shape index (κ3) is 2.61. The maximum atomic E-state index is 11.1. The summed E-state index contributed by atoms with van der Waals surface area (Å²) in [6, 6.07) is 0. The first-order valence-corrected chi connectivity index (χ1v) is 5.10. The fourth-order valence-corrected chi connectivity index (χ4v) is 1.89. The minimum absolute atomic E-state index is 0.0421. The largest absolute Gasteiger partial charge is 0.481 e. The Morgan fingerprint density at radius 2 is 2.06 bits per heavy atom. The number of carbonyl (C=O) groups excluding carboxylic acids is 1. The van der Waals surface area contributed by atoms with E-state index < -0.39 is 17.9 Å². The average Bonchev–Trinajstić information content (AvgIpc) is 2.74. The van der Waals surface area contributed by atoms with Crippen LogP contribution in [0.25, 0.3) is 0 Å². The molecule has 0 saturated heterocycles. The van der Waals surface area contributed by atoms with Crippen LogP contribution in [0.1, 0.15) is 13.8 Å². The molecule has 1 aliphatic rings. The van der Waals surface area contributed by atoms with Gasteiger partial charge in [-0.05, 0) is 11.3 Å². The van der Waals surface area contributed by atoms with E-state index in [1.54, 1.807) is 6.08 Å². The minimum atomic E-state index is -0.844. The van der Waals surface area contributed by atoms with Crippen LogP contribution >= 0.6 is 0 Å². The fraction of sp³-hybridized carbons (Fsp3) is 0.636. The lowest BCUT2D eigenvalue weighted by atomic mass is 10.1. The highest BCUT2D eigenvalue weighted by atomic mass is 16.5. The van der Waals surface area contributed by atoms with Crippen molar-refractivity contribution in [2.75, 3.05) is 13.2 Å². The number of ether oxygens (including phenoxy) is 1. The smallest absolute Gasteiger partial charge is 0.330 e. The van der Waals surface area contributed by atoms with Gasteiger partial charge < -0.3 is 14.9 Å². The maximum Gasteiger partial charge on any atom is 0.330 e. The van der Waals surface area contributed by atoms with E-state index in [-0.39, 0.29) is 24.5 Å². The number of aliphatic carboxylic acids is 1. The van der Waals surface area contributed by atoms with Gasteiger partial charge in [-0.3, -0.25) is 4.79 Å². The number of aliphatic hydroxyl groups excluding tert-OH is 1. The molecular formula is C11H16O5. The molecule has 0 radical (unpaired) electrons. The van der Waals surface area contributed by atoms with E-state index in [0.717, 1.165) is 0 Å². The zero-order valence-corrected chi connectivity index (χ0v) is 9.34. The number of hydrogen-bond donors (Lipinski definition) is 2. The Morgan fingerprint density at radius 1 is 1.44 bits per heavy atom. The summed E-state index contributed by atoms with van der Waals surface area (Å²) < 4.78 is 4.61. The number of rotatable bonds is 5. The summed E-state index contributed by atoms with van der Waals surface area (Å²) in [6.07, 6.45) is 2.80. The molecule has 0 aliphatic heterocycles. The molecule has 0 bridgehead atoms. The SMILES string of the molecule is CC1(C)C(/C=C\C(=O)OCCO)C1C(=O)O. The molecule has 0 spiro atoms. The van der Waals surface area contributed by atoms with Gasteiger partial charge in [0.15, 0.2) is 0 Å². The van der Waals surface area contributed by atoms with Crippen molar-refractivity contribution in [2.45, 2.75) is 13.8 Å². The van der Waals surface area contributed by atoms with E-state index in [1.165, 1.54) is 6.08 Å². The zero-order chi connectivity index (χ0) is 12.3. The second-order valence-corrected chi connectivity index (χ2v) is 4.41. The molecule has 0 heterocycles. The molecule has 1 saturated carbocycles. The van der Waals surface area contributed by atoms with E-state index >= 15 is 0 Å². The Bertz CT molecular complexity index is 318. The van der Waals surface area contributed by atoms with Crippen molar-refractivity contribution in [3.63, 3.8) is 0 Å². The molecule has 16 heavy (non-hydrogen) atoms. The molecule has 2 unspecified atom stereocenters. The normalized spacial score (nSPS) is 26.7. The summed E-state index contributed by atoms with van der Waals surface area (Å²) in [5.41, 5.74) is -0.306. The van der Waals surface area contributed by atoms with Crippen molar-refractivity contribution in [2.24, 2.45) is 17.3 Å². The molecule has 0 aromatic carbocycles. The lowest BCUT2D eigenvalue weighted by molar-refractivity contribution is -0.140. The summed E-state index contributed by atoms with van der Waals surface area (Å²) in [7, 11) is 0. The van der Waals surface area contributed by atoms with E-state index in [0.29, 0.717) is 0 Å². The number of aliphatic hydroxyl groups is 1. The summed E-state index contributed by atoms with van der Waals surface area (Å²) >= 11 is 0. The number of allylic oxidation sites excluding steroid dienone is 1. The first kappa shape index (κ1) is 12.7. The number of carbonyl (C=O) groups is 2. The van der Waals surface area contributed by atoms with Gasteiger partial charge in [0.1, 0.15) is 6.61 Å². The van der Waals surface area contributed by atoms with Gasteiger partial charge in [0.25, 0.3) is 0 Å². The maximum absolute atomic E-state index is 11.1. The van der Waals surface area contributed by atoms with Crippen LogP contribution < -0.4 is 0 Å². The van der Waals surface area contributed by atoms with Gasteiger partial charge in [-0.1, -0.05) is 19.9 Å². The highest BCUT2D eigenvalue weighted by molar-refractivity contribution is 5.83. The molecule has 0 aromatic rings. The summed E-state index contributed by atoms with van der Waals surface area (Å²) in [5.74, 6) is -1.97. The van der Waals surface area contributed by atoms with Crippen LogP contribution in [0.4, 0.5) is 0 Å². The van der Waals surface area contributed by atoms with E-state index in [2.05, 4.69) is 4.74 Å². The Labute approximate surface area is 93.7 Å². The monoisotopic (exact) mass is 228 g/mol. The van der Waals surface area contributed by atoms with Crippen molar-refractivity contribution in [1.82, 2.24) is 0 Å². The molecule has 2 N–H and O–H groups in total. The highest BCUT2D eigenvalue weighted by Gasteiger charge is 2.60. The van der Waals surface area contributed by atoms with Crippen LogP contribution in [0.2, 0.25) is 0 Å². The predicted molar refractivity (Wildman–Crippen MR) is 55.6 cm³/mol. The van der Waals surface area contributed by atoms with E-state index in [4.69, 9.17) is 10.2 Å². The Kier molecular flexibility index (Phi) is 3.70. The third-order valence-electron chi connectivity index (χ3n) is 2.95. The van der Waals surface area contributed by atoms with Gasteiger partial charge in [0, 0.05) is 6.08 Å². The van der Waals surface area contributed by atoms with Crippen LogP contribution in [0.5, 0.6) is 0 Å². The van der Waals surface area contributed by atoms with Crippen LogP contribution in [0.15, 0.2) is 12.2 Å². The topological polar surface area (TPSA) is 83.8 Å². The first-order chi connectivity index (χ1) is 7.41. The molecule has 1 aliphatic carbocycles. The summed E-state index contributed by atoms with van der Waals surface area (Å²) in [5, 5.41) is 17.3. The van der Waals surface area contributed by atoms with E-state index in [1.807, 2.05) is 13.8 Å². The van der Waals surface area contributed by atoms with Gasteiger partial charge in [-0.2, -0.15) is 0 Å². The molecule has 0 aromatic heterocycles. The Balaban J connectivity index is 2.47. The van der Waals surface area contributed by atoms with Crippen LogP contribution in [0, 0.1) is 17.3 Å². The highest BCUT2D eigenvalue weighted by Crippen LogP contribution is 2.58. The second-order valence-electron chi connectivity index (χ2n) is 4.41. The van der Waals surface area contributed by atoms with Gasteiger partial charge in [-0.25, -0.2) is 4.79 Å². The van der Waals surface area contributed by atoms with Crippen LogP contribution in [-0.2, 0) is 14.3 Å². The number of carboxylic acids is 1. The lowest BCUT2D eigenvalue weighted by Gasteiger charge is -1.98. The van der Waals surface area contributed by atoms with Gasteiger partial charge >= 0.3 is 11.9 Å². The average molecular weight is 228 g/mol. The molecule has 0 amide bonds. The Hall–Kier alpha value is -1.36. The van der Waals surface area contributed by atoms with Crippen molar-refractivity contribution < 1.29 is 24.5 Å². The first-order valence-electron chi connectivity index (χ1n) is 5.10. The fourth-order valence-electron chi connectivity index (χ4n) is 1.89. The summed E-state index contributed by atoms with van der Waals surface area (Å²) in [6.45, 7) is 3.44. The second kappa shape index (κ2) is 4.65. The minimum Gasteiger partial charge on any atom is -0.481 e. The molecular weight excluding hydrogens is 212 g/mol. The van der Waals surface area contributed by atoms with Gasteiger partial charge in [0.2, 0.25) is 0 Å². The zero-order valence-electron chi connectivity index (χ0n) is 9.34. The molecule has 5 nitrogen and oxygen atoms in total. The molecule has 1 rings (SSSR count). The summed E-state index contributed by atoms with van der Waals surface area (Å²) in [4.78, 5) is 21.9. The van der Waals surface area contributed by atoms with Crippen LogP contribution in [-0.4, -0.2) is 35.4 Å². The molecule has 90 valence electrons. The lowest BCUT2D eigenvalue weighted by Crippen LogP contribution is -2.05.